The number of nitrogens with two attached hydrogens (primary N) is 1. The number of methoxy groups -OCH3 is 3. The summed E-state index contributed by atoms with van der Waals surface area (Å²) in [6, 6.07) is -1.13. The summed E-state index contributed by atoms with van der Waals surface area (Å²) >= 11 is 4.64. The number of carbonyl (C=O) groups is 5. The van der Waals surface area contributed by atoms with Crippen molar-refractivity contribution < 1.29 is 68.0 Å². The first-order valence-electron chi connectivity index (χ1n) is 16.1. The first-order chi connectivity index (χ1) is 24.7. The van der Waals surface area contributed by atoms with E-state index in [1.807, 2.05) is 20.8 Å². The van der Waals surface area contributed by atoms with Gasteiger partial charge in [-0.05, 0) is 26.7 Å². The molecular weight excluding hydrogens is 732 g/mol. The molecule has 1 aliphatic rings. The third kappa shape index (κ3) is 20.7. The van der Waals surface area contributed by atoms with Crippen LogP contribution in [0.3, 0.4) is 0 Å². The van der Waals surface area contributed by atoms with Gasteiger partial charge in [-0.15, -0.1) is 31.3 Å². The number of carboxylic acids is 1. The minimum atomic E-state index is -1.18. The smallest absolute Gasteiger partial charge is 0.334 e. The van der Waals surface area contributed by atoms with Crippen LogP contribution in [0.5, 0.6) is 0 Å². The van der Waals surface area contributed by atoms with Crippen LogP contribution in [0.15, 0.2) is 50.1 Å². The van der Waals surface area contributed by atoms with Crippen molar-refractivity contribution in [2.24, 2.45) is 22.0 Å². The van der Waals surface area contributed by atoms with Gasteiger partial charge in [0.2, 0.25) is 6.41 Å². The normalized spacial score (nSPS) is 18.4. The quantitative estimate of drug-likeness (QED) is 0.0240. The molecule has 1 fully saturated rings. The van der Waals surface area contributed by atoms with Crippen molar-refractivity contribution in [3.05, 3.63) is 50.1 Å². The SMILES string of the molecule is C.C=CCC(C)(/C=C/COOC)C(=O)OC.C=CCC(C)(CO)C(=O)OC.C=CCC1(C(=O)OC)CO[C@H](C(C)(C)C)N1C=O.CCl.NC(CO)C(=O)O. The predicted octanol–water partition coefficient (Wildman–Crippen LogP) is 3.83. The summed E-state index contributed by atoms with van der Waals surface area (Å²) in [6.07, 6.45) is 11.2. The van der Waals surface area contributed by atoms with Crippen LogP contribution in [-0.2, 0) is 52.7 Å². The fourth-order valence-corrected chi connectivity index (χ4v) is 4.28. The van der Waals surface area contributed by atoms with E-state index in [0.717, 1.165) is 0 Å². The number of aliphatic hydroxyl groups excluding tert-OH is 2. The average molecular weight is 799 g/mol. The number of ether oxygens (including phenoxy) is 4. The van der Waals surface area contributed by atoms with E-state index < -0.39 is 53.2 Å². The van der Waals surface area contributed by atoms with Gasteiger partial charge >= 0.3 is 23.9 Å². The zero-order valence-corrected chi connectivity index (χ0v) is 33.7. The van der Waals surface area contributed by atoms with Gasteiger partial charge in [0.25, 0.3) is 0 Å². The standard InChI is InChI=1S/C13H21NO4.C11H18O4.C8H14O3.C3H7NO3.CH3Cl.CH4/c1-6-7-13(11(16)17-5)8-18-10(12(2,3)4)14(13)9-15;1-5-7-11(2,10(12)13-3)8-6-9-15-14-4;1-4-5-8(2,6-9)7(10)11-3;4-2(1-5)3(6)7;1-2;/h6,9-10H,1,7-8H2,2-5H3;5-6,8H,1,7,9H2,2-4H3;4,9H,1,5-6H2,2-3H3;2,5H,1,4H2,(H,6,7);1H3;1H4/b;8-6+;;;;/t10-,13?;;;;;/m1...../s1. The molecule has 5 N–H and O–H groups in total. The Bertz CT molecular complexity index is 1150. The molecule has 5 atom stereocenters. The van der Waals surface area contributed by atoms with E-state index in [-0.39, 0.29) is 32.0 Å². The summed E-state index contributed by atoms with van der Waals surface area (Å²) in [6.45, 7) is 19.7. The zero-order chi connectivity index (χ0) is 42.5. The zero-order valence-electron chi connectivity index (χ0n) is 32.9. The molecule has 16 nitrogen and oxygen atoms in total. The van der Waals surface area contributed by atoms with E-state index >= 15 is 0 Å². The van der Waals surface area contributed by atoms with E-state index in [2.05, 4.69) is 45.8 Å². The van der Waals surface area contributed by atoms with Crippen LogP contribution in [0.4, 0.5) is 0 Å². The first kappa shape index (κ1) is 59.6. The molecule has 0 radical (unpaired) electrons. The van der Waals surface area contributed by atoms with Crippen molar-refractivity contribution in [1.29, 1.82) is 0 Å². The Morgan fingerprint density at radius 3 is 1.78 bits per heavy atom. The lowest BCUT2D eigenvalue weighted by Crippen LogP contribution is -2.56. The fraction of sp³-hybridized carbons (Fsp3) is 0.649. The van der Waals surface area contributed by atoms with E-state index in [1.165, 1.54) is 39.7 Å². The van der Waals surface area contributed by atoms with Crippen molar-refractivity contribution in [3.63, 3.8) is 0 Å². The van der Waals surface area contributed by atoms with Crippen molar-refractivity contribution in [2.75, 3.05) is 61.2 Å². The van der Waals surface area contributed by atoms with Gasteiger partial charge in [0.1, 0.15) is 18.9 Å². The third-order valence-electron chi connectivity index (χ3n) is 7.25. The number of hydrogen-bond acceptors (Lipinski definition) is 14. The molecule has 1 amide bonds. The van der Waals surface area contributed by atoms with E-state index in [1.54, 1.807) is 44.2 Å². The molecule has 1 heterocycles. The molecule has 1 aliphatic heterocycles. The number of nitrogens with zero attached hydrogens (tertiary/aromatic N) is 1. The average Bonchev–Trinajstić information content (AvgIpc) is 3.53. The highest BCUT2D eigenvalue weighted by Crippen LogP contribution is 2.38. The Kier molecular flexibility index (Phi) is 35.0. The van der Waals surface area contributed by atoms with Crippen LogP contribution in [0, 0.1) is 16.2 Å². The largest absolute Gasteiger partial charge is 0.480 e. The van der Waals surface area contributed by atoms with Gasteiger partial charge in [-0.1, -0.05) is 58.6 Å². The third-order valence-corrected chi connectivity index (χ3v) is 7.25. The molecule has 4 unspecified atom stereocenters. The second kappa shape index (κ2) is 31.7. The van der Waals surface area contributed by atoms with Crippen LogP contribution in [0.1, 0.15) is 61.3 Å². The Balaban J connectivity index is -0.000000202. The minimum Gasteiger partial charge on any atom is -0.480 e. The van der Waals surface area contributed by atoms with Gasteiger partial charge in [0.05, 0.1) is 59.1 Å². The molecule has 54 heavy (non-hydrogen) atoms. The van der Waals surface area contributed by atoms with Gasteiger partial charge in [-0.2, -0.15) is 0 Å². The molecule has 0 spiro atoms. The summed E-state index contributed by atoms with van der Waals surface area (Å²) in [5, 5.41) is 24.8. The van der Waals surface area contributed by atoms with Gasteiger partial charge in [0, 0.05) is 18.2 Å². The lowest BCUT2D eigenvalue weighted by molar-refractivity contribution is -0.263. The lowest BCUT2D eigenvalue weighted by Gasteiger charge is -2.37. The predicted molar refractivity (Wildman–Crippen MR) is 207 cm³/mol. The molecular formula is C37H67ClN2O14. The number of hydrogen-bond donors (Lipinski definition) is 4. The van der Waals surface area contributed by atoms with Gasteiger partial charge in [0.15, 0.2) is 5.54 Å². The molecule has 1 rings (SSSR count). The van der Waals surface area contributed by atoms with Crippen LogP contribution in [0.2, 0.25) is 0 Å². The fourth-order valence-electron chi connectivity index (χ4n) is 4.28. The second-order valence-corrected chi connectivity index (χ2v) is 12.6. The van der Waals surface area contributed by atoms with Crippen LogP contribution in [-0.4, -0.2) is 130 Å². The number of aliphatic carboxylic acids is 1. The maximum Gasteiger partial charge on any atom is 0.334 e. The van der Waals surface area contributed by atoms with Crippen molar-refractivity contribution in [1.82, 2.24) is 4.90 Å². The molecule has 0 bridgehead atoms. The van der Waals surface area contributed by atoms with Gasteiger partial charge in [-0.25, -0.2) is 14.6 Å². The highest BCUT2D eigenvalue weighted by molar-refractivity contribution is 6.15. The number of esters is 3. The Morgan fingerprint density at radius 1 is 0.944 bits per heavy atom. The van der Waals surface area contributed by atoms with Crippen LogP contribution >= 0.6 is 11.6 Å². The highest BCUT2D eigenvalue weighted by Gasteiger charge is 2.55. The maximum atomic E-state index is 12.0. The molecule has 0 aromatic heterocycles. The molecule has 0 aromatic rings. The number of carboxylic acid groups (broad SMARTS) is 1. The van der Waals surface area contributed by atoms with Crippen molar-refractivity contribution in [2.45, 2.75) is 79.1 Å². The second-order valence-electron chi connectivity index (χ2n) is 12.6. The highest BCUT2D eigenvalue weighted by atomic mass is 35.5. The van der Waals surface area contributed by atoms with E-state index in [0.29, 0.717) is 32.3 Å². The topological polar surface area (TPSA) is 231 Å². The number of alkyl halides is 1. The molecule has 17 heteroatoms. The maximum absolute atomic E-state index is 12.0. The summed E-state index contributed by atoms with van der Waals surface area (Å²) in [4.78, 5) is 66.0. The monoisotopic (exact) mass is 798 g/mol. The van der Waals surface area contributed by atoms with Crippen LogP contribution in [0.25, 0.3) is 0 Å². The van der Waals surface area contributed by atoms with Gasteiger partial charge < -0.3 is 40.0 Å². The molecule has 0 aromatic carbocycles. The number of allylic oxidation sites excluding steroid dienone is 2. The number of aliphatic hydroxyl groups is 2. The summed E-state index contributed by atoms with van der Waals surface area (Å²) < 4.78 is 19.7. The summed E-state index contributed by atoms with van der Waals surface area (Å²) in [5.74, 6) is -2.35. The van der Waals surface area contributed by atoms with E-state index in [4.69, 9.17) is 35.3 Å². The number of amides is 1. The van der Waals surface area contributed by atoms with Crippen LogP contribution < -0.4 is 5.73 Å². The minimum absolute atomic E-state index is 0. The van der Waals surface area contributed by atoms with Gasteiger partial charge in [-0.3, -0.25) is 24.1 Å². The van der Waals surface area contributed by atoms with E-state index in [9.17, 15) is 24.0 Å². The Labute approximate surface area is 326 Å². The molecule has 1 saturated heterocycles. The number of carbonyl (C=O) groups excluding carboxylic acids is 4. The lowest BCUT2D eigenvalue weighted by atomic mass is 9.86. The summed E-state index contributed by atoms with van der Waals surface area (Å²) in [5.41, 5.74) is 1.89. The first-order valence-corrected chi connectivity index (χ1v) is 16.8. The summed E-state index contributed by atoms with van der Waals surface area (Å²) in [7, 11) is 5.40. The van der Waals surface area contributed by atoms with Crippen molar-refractivity contribution in [3.8, 4) is 0 Å². The van der Waals surface area contributed by atoms with Crippen molar-refractivity contribution >= 4 is 41.9 Å². The number of rotatable bonds is 17. The Morgan fingerprint density at radius 2 is 1.46 bits per heavy atom. The molecule has 316 valence electrons. The molecule has 0 saturated carbocycles. The molecule has 0 aliphatic carbocycles. The number of halogens is 1. The Hall–Kier alpha value is -3.64.